The first kappa shape index (κ1) is 27.6. The van der Waals surface area contributed by atoms with E-state index in [1.54, 1.807) is 0 Å². The molecule has 10 nitrogen and oxygen atoms in total. The van der Waals surface area contributed by atoms with Crippen LogP contribution in [-0.2, 0) is 14.8 Å². The van der Waals surface area contributed by atoms with Crippen LogP contribution in [0.5, 0.6) is 5.75 Å². The van der Waals surface area contributed by atoms with E-state index >= 15 is 0 Å². The molecule has 0 aliphatic heterocycles. The Morgan fingerprint density at radius 3 is 2.28 bits per heavy atom. The zero-order chi connectivity index (χ0) is 24.4. The topological polar surface area (TPSA) is 128 Å². The number of carbonyl (C=O) groups excluding carboxylic acids is 1. The summed E-state index contributed by atoms with van der Waals surface area (Å²) < 4.78 is 36.8. The number of nitro groups is 1. The molecule has 1 rings (SSSR count). The molecule has 1 aromatic rings. The maximum atomic E-state index is 12.7. The van der Waals surface area contributed by atoms with Crippen molar-refractivity contribution in [3.63, 3.8) is 0 Å². The van der Waals surface area contributed by atoms with Crippen molar-refractivity contribution in [2.24, 2.45) is 0 Å². The molecule has 0 aliphatic rings. The number of sulfonamides is 1. The standard InChI is InChI=1S/C21H35N3O7S/c1-21(2,3)31-20(25)22-14-10-8-6-7-9-11-15-23(4)32(28,29)17-12-13-18(24(26)27)19(16-17)30-5/h12-13,16H,6-11,14-15H2,1-5H3,(H,22,25). The largest absolute Gasteiger partial charge is 0.490 e. The summed E-state index contributed by atoms with van der Waals surface area (Å²) in [6, 6.07) is 3.53. The molecule has 0 aliphatic carbocycles. The number of rotatable bonds is 13. The number of methoxy groups -OCH3 is 1. The van der Waals surface area contributed by atoms with Crippen molar-refractivity contribution in [1.29, 1.82) is 0 Å². The molecule has 0 atom stereocenters. The second-order valence-corrected chi connectivity index (χ2v) is 10.5. The quantitative estimate of drug-likeness (QED) is 0.259. The van der Waals surface area contributed by atoms with E-state index in [0.717, 1.165) is 38.2 Å². The maximum Gasteiger partial charge on any atom is 0.407 e. The highest BCUT2D eigenvalue weighted by Crippen LogP contribution is 2.30. The van der Waals surface area contributed by atoms with Crippen LogP contribution in [0.15, 0.2) is 23.1 Å². The van der Waals surface area contributed by atoms with Gasteiger partial charge in [-0.3, -0.25) is 10.1 Å². The van der Waals surface area contributed by atoms with Crippen LogP contribution in [0.2, 0.25) is 0 Å². The summed E-state index contributed by atoms with van der Waals surface area (Å²) in [4.78, 5) is 21.9. The number of amides is 1. The van der Waals surface area contributed by atoms with Gasteiger partial charge in [0, 0.05) is 32.3 Å². The van der Waals surface area contributed by atoms with E-state index < -0.39 is 26.6 Å². The highest BCUT2D eigenvalue weighted by molar-refractivity contribution is 7.89. The fourth-order valence-electron chi connectivity index (χ4n) is 2.94. The molecule has 1 N–H and O–H groups in total. The summed E-state index contributed by atoms with van der Waals surface area (Å²) in [5.74, 6) is -0.0920. The Kier molecular flexibility index (Phi) is 10.9. The van der Waals surface area contributed by atoms with Crippen LogP contribution >= 0.6 is 0 Å². The molecule has 32 heavy (non-hydrogen) atoms. The average Bonchev–Trinajstić information content (AvgIpc) is 2.70. The molecule has 1 amide bonds. The lowest BCUT2D eigenvalue weighted by Crippen LogP contribution is -2.32. The molecular weight excluding hydrogens is 438 g/mol. The van der Waals surface area contributed by atoms with E-state index in [4.69, 9.17) is 9.47 Å². The zero-order valence-corrected chi connectivity index (χ0v) is 20.4. The van der Waals surface area contributed by atoms with Gasteiger partial charge in [0.15, 0.2) is 5.75 Å². The van der Waals surface area contributed by atoms with Gasteiger partial charge in [0.25, 0.3) is 0 Å². The molecule has 1 aromatic carbocycles. The van der Waals surface area contributed by atoms with Gasteiger partial charge in [-0.15, -0.1) is 0 Å². The monoisotopic (exact) mass is 473 g/mol. The lowest BCUT2D eigenvalue weighted by molar-refractivity contribution is -0.385. The summed E-state index contributed by atoms with van der Waals surface area (Å²) in [5, 5.41) is 13.7. The molecule has 0 saturated heterocycles. The first-order valence-corrected chi connectivity index (χ1v) is 12.1. The minimum atomic E-state index is -3.76. The van der Waals surface area contributed by atoms with Crippen molar-refractivity contribution in [1.82, 2.24) is 9.62 Å². The first-order valence-electron chi connectivity index (χ1n) is 10.6. The number of hydrogen-bond acceptors (Lipinski definition) is 7. The van der Waals surface area contributed by atoms with Crippen molar-refractivity contribution < 1.29 is 27.6 Å². The summed E-state index contributed by atoms with van der Waals surface area (Å²) in [6.07, 6.45) is 4.95. The zero-order valence-electron chi connectivity index (χ0n) is 19.5. The van der Waals surface area contributed by atoms with Gasteiger partial charge < -0.3 is 14.8 Å². The number of ether oxygens (including phenoxy) is 2. The normalized spacial score (nSPS) is 11.9. The summed E-state index contributed by atoms with van der Waals surface area (Å²) in [6.45, 7) is 6.37. The number of nitro benzene ring substituents is 1. The van der Waals surface area contributed by atoms with Crippen LogP contribution in [-0.4, -0.2) is 56.6 Å². The average molecular weight is 474 g/mol. The fourth-order valence-corrected chi connectivity index (χ4v) is 4.17. The van der Waals surface area contributed by atoms with Crippen LogP contribution < -0.4 is 10.1 Å². The third-order valence-electron chi connectivity index (χ3n) is 4.62. The van der Waals surface area contributed by atoms with Gasteiger partial charge in [0.05, 0.1) is 16.9 Å². The molecule has 0 spiro atoms. The van der Waals surface area contributed by atoms with Gasteiger partial charge in [-0.25, -0.2) is 17.5 Å². The van der Waals surface area contributed by atoms with Crippen molar-refractivity contribution in [2.45, 2.75) is 69.8 Å². The predicted molar refractivity (Wildman–Crippen MR) is 121 cm³/mol. The molecule has 11 heteroatoms. The third kappa shape index (κ3) is 9.39. The Morgan fingerprint density at radius 1 is 1.12 bits per heavy atom. The highest BCUT2D eigenvalue weighted by atomic mass is 32.2. The lowest BCUT2D eigenvalue weighted by atomic mass is 10.1. The Bertz CT molecular complexity index is 867. The predicted octanol–water partition coefficient (Wildman–Crippen LogP) is 4.09. The first-order chi connectivity index (χ1) is 14.9. The number of nitrogens with one attached hydrogen (secondary N) is 1. The maximum absolute atomic E-state index is 12.7. The van der Waals surface area contributed by atoms with Crippen molar-refractivity contribution in [2.75, 3.05) is 27.2 Å². The number of nitrogens with zero attached hydrogens (tertiary/aromatic N) is 2. The van der Waals surface area contributed by atoms with E-state index in [1.165, 1.54) is 30.6 Å². The fraction of sp³-hybridized carbons (Fsp3) is 0.667. The number of carbonyl (C=O) groups is 1. The SMILES string of the molecule is COc1cc(S(=O)(=O)N(C)CCCCCCCCNC(=O)OC(C)(C)C)ccc1[N+](=O)[O-]. The van der Waals surface area contributed by atoms with Gasteiger partial charge in [0.1, 0.15) is 5.60 Å². The van der Waals surface area contributed by atoms with E-state index in [9.17, 15) is 23.3 Å². The minimum absolute atomic E-state index is 0.0417. The molecule has 0 aromatic heterocycles. The van der Waals surface area contributed by atoms with E-state index in [2.05, 4.69) is 5.32 Å². The van der Waals surface area contributed by atoms with Crippen LogP contribution in [0.25, 0.3) is 0 Å². The summed E-state index contributed by atoms with van der Waals surface area (Å²) in [5.41, 5.74) is -0.787. The molecule has 0 fully saturated rings. The van der Waals surface area contributed by atoms with Crippen LogP contribution in [0.3, 0.4) is 0 Å². The molecule has 0 unspecified atom stereocenters. The number of alkyl carbamates (subject to hydrolysis) is 1. The van der Waals surface area contributed by atoms with Gasteiger partial charge in [-0.1, -0.05) is 25.7 Å². The second kappa shape index (κ2) is 12.6. The minimum Gasteiger partial charge on any atom is -0.490 e. The highest BCUT2D eigenvalue weighted by Gasteiger charge is 2.24. The molecular formula is C21H35N3O7S. The van der Waals surface area contributed by atoms with E-state index in [-0.39, 0.29) is 16.3 Å². The van der Waals surface area contributed by atoms with Gasteiger partial charge >= 0.3 is 11.8 Å². The van der Waals surface area contributed by atoms with Gasteiger partial charge in [-0.05, 0) is 39.7 Å². The smallest absolute Gasteiger partial charge is 0.407 e. The third-order valence-corrected chi connectivity index (χ3v) is 6.48. The molecule has 0 saturated carbocycles. The summed E-state index contributed by atoms with van der Waals surface area (Å²) >= 11 is 0. The molecule has 0 bridgehead atoms. The number of unbranched alkanes of at least 4 members (excludes halogenated alkanes) is 5. The number of benzene rings is 1. The Hall–Kier alpha value is -2.40. The Labute approximate surface area is 190 Å². The van der Waals surface area contributed by atoms with Crippen LogP contribution in [0.1, 0.15) is 59.3 Å². The van der Waals surface area contributed by atoms with Crippen LogP contribution in [0, 0.1) is 10.1 Å². The Morgan fingerprint density at radius 2 is 1.72 bits per heavy atom. The van der Waals surface area contributed by atoms with E-state index in [1.807, 2.05) is 20.8 Å². The Balaban J connectivity index is 2.32. The van der Waals surface area contributed by atoms with Crippen molar-refractivity contribution in [3.05, 3.63) is 28.3 Å². The second-order valence-electron chi connectivity index (χ2n) is 8.47. The molecule has 0 heterocycles. The number of hydrogen-bond donors (Lipinski definition) is 1. The lowest BCUT2D eigenvalue weighted by Gasteiger charge is -2.19. The van der Waals surface area contributed by atoms with Crippen molar-refractivity contribution in [3.8, 4) is 5.75 Å². The van der Waals surface area contributed by atoms with Crippen molar-refractivity contribution >= 4 is 21.8 Å². The van der Waals surface area contributed by atoms with E-state index in [0.29, 0.717) is 19.5 Å². The van der Waals surface area contributed by atoms with Crippen LogP contribution in [0.4, 0.5) is 10.5 Å². The van der Waals surface area contributed by atoms with Gasteiger partial charge in [0.2, 0.25) is 10.0 Å². The molecule has 0 radical (unpaired) electrons. The summed E-state index contributed by atoms with van der Waals surface area (Å²) in [7, 11) is -1.01. The molecule has 182 valence electrons. The van der Waals surface area contributed by atoms with Gasteiger partial charge in [-0.2, -0.15) is 0 Å².